The summed E-state index contributed by atoms with van der Waals surface area (Å²) < 4.78 is 16.3. The molecule has 1 aromatic carbocycles. The van der Waals surface area contributed by atoms with Gasteiger partial charge >= 0.3 is 0 Å². The second-order valence-electron chi connectivity index (χ2n) is 9.16. The Hall–Kier alpha value is -2.21. The van der Waals surface area contributed by atoms with E-state index in [0.29, 0.717) is 12.3 Å². The van der Waals surface area contributed by atoms with Crippen LogP contribution < -0.4 is 0 Å². The quantitative estimate of drug-likeness (QED) is 0.633. The number of halogens is 1. The normalized spacial score (nSPS) is 17.2. The Morgan fingerprint density at radius 3 is 2.52 bits per heavy atom. The minimum Gasteiger partial charge on any atom is -0.342 e. The van der Waals surface area contributed by atoms with Crippen molar-refractivity contribution in [2.45, 2.75) is 59.0 Å². The summed E-state index contributed by atoms with van der Waals surface area (Å²) in [5, 5.41) is 4.47. The van der Waals surface area contributed by atoms with Crippen LogP contribution in [0.1, 0.15) is 49.9 Å². The van der Waals surface area contributed by atoms with Crippen LogP contribution in [0.5, 0.6) is 0 Å². The van der Waals surface area contributed by atoms with Gasteiger partial charge in [-0.15, -0.1) is 0 Å². The first-order valence-corrected chi connectivity index (χ1v) is 11.5. The molecule has 1 aromatic heterocycles. The van der Waals surface area contributed by atoms with E-state index in [9.17, 15) is 9.18 Å². The van der Waals surface area contributed by atoms with Crippen molar-refractivity contribution in [1.82, 2.24) is 19.6 Å². The van der Waals surface area contributed by atoms with Crippen LogP contribution in [0.25, 0.3) is 0 Å². The van der Waals surface area contributed by atoms with E-state index >= 15 is 0 Å². The Morgan fingerprint density at radius 2 is 1.94 bits per heavy atom. The molecule has 0 radical (unpaired) electrons. The van der Waals surface area contributed by atoms with E-state index < -0.39 is 0 Å². The maximum absolute atomic E-state index is 14.5. The highest BCUT2D eigenvalue weighted by Crippen LogP contribution is 2.29. The number of benzene rings is 1. The Morgan fingerprint density at radius 1 is 1.26 bits per heavy atom. The van der Waals surface area contributed by atoms with E-state index in [1.54, 1.807) is 12.1 Å². The fourth-order valence-electron chi connectivity index (χ4n) is 4.75. The number of amides is 1. The third kappa shape index (κ3) is 5.73. The van der Waals surface area contributed by atoms with Gasteiger partial charge in [-0.1, -0.05) is 32.0 Å². The van der Waals surface area contributed by atoms with E-state index in [1.807, 2.05) is 42.6 Å². The minimum atomic E-state index is -0.136. The molecule has 0 saturated carbocycles. The number of carbonyl (C=O) groups is 1. The van der Waals surface area contributed by atoms with Crippen LogP contribution in [-0.2, 0) is 24.8 Å². The van der Waals surface area contributed by atoms with Crippen molar-refractivity contribution in [3.63, 3.8) is 0 Å². The summed E-state index contributed by atoms with van der Waals surface area (Å²) in [5.41, 5.74) is 3.00. The smallest absolute Gasteiger partial charge is 0.225 e. The van der Waals surface area contributed by atoms with Crippen molar-refractivity contribution in [3.8, 4) is 0 Å². The summed E-state index contributed by atoms with van der Waals surface area (Å²) in [6, 6.07) is 7.30. The lowest BCUT2D eigenvalue weighted by atomic mass is 9.84. The summed E-state index contributed by atoms with van der Waals surface area (Å²) in [5.74, 6) is 0.637. The van der Waals surface area contributed by atoms with Gasteiger partial charge in [-0.2, -0.15) is 5.10 Å². The zero-order valence-electron chi connectivity index (χ0n) is 19.6. The maximum Gasteiger partial charge on any atom is 0.225 e. The van der Waals surface area contributed by atoms with Crippen LogP contribution in [0.3, 0.4) is 0 Å². The number of nitrogens with zero attached hydrogens (tertiary/aromatic N) is 4. The zero-order valence-corrected chi connectivity index (χ0v) is 19.6. The Balaban J connectivity index is 1.75. The number of piperidine rings is 1. The van der Waals surface area contributed by atoms with Crippen molar-refractivity contribution in [3.05, 3.63) is 53.1 Å². The van der Waals surface area contributed by atoms with Gasteiger partial charge in [-0.25, -0.2) is 4.39 Å². The van der Waals surface area contributed by atoms with Gasteiger partial charge in [-0.3, -0.25) is 14.4 Å². The first kappa shape index (κ1) is 23.5. The molecule has 2 aromatic rings. The van der Waals surface area contributed by atoms with E-state index in [0.717, 1.165) is 50.2 Å². The van der Waals surface area contributed by atoms with Crippen LogP contribution >= 0.6 is 0 Å². The Kier molecular flexibility index (Phi) is 7.87. The van der Waals surface area contributed by atoms with E-state index in [2.05, 4.69) is 30.2 Å². The topological polar surface area (TPSA) is 41.4 Å². The average molecular weight is 429 g/mol. The lowest BCUT2D eigenvalue weighted by molar-refractivity contribution is -0.136. The van der Waals surface area contributed by atoms with Gasteiger partial charge in [0.2, 0.25) is 5.91 Å². The molecule has 1 saturated heterocycles. The van der Waals surface area contributed by atoms with Crippen molar-refractivity contribution in [1.29, 1.82) is 0 Å². The largest absolute Gasteiger partial charge is 0.342 e. The molecule has 6 heteroatoms. The number of carbonyl (C=O) groups excluding carboxylic acids is 1. The lowest BCUT2D eigenvalue weighted by Crippen LogP contribution is -2.47. The van der Waals surface area contributed by atoms with Gasteiger partial charge in [0.1, 0.15) is 5.82 Å². The molecule has 3 rings (SSSR count). The molecule has 31 heavy (non-hydrogen) atoms. The second-order valence-corrected chi connectivity index (χ2v) is 9.16. The number of likely N-dealkylation sites (N-methyl/N-ethyl adjacent to an activating group) is 1. The number of aryl methyl sites for hydroxylation is 2. The van der Waals surface area contributed by atoms with E-state index in [-0.39, 0.29) is 23.7 Å². The molecule has 0 N–H and O–H groups in total. The van der Waals surface area contributed by atoms with Crippen molar-refractivity contribution in [2.24, 2.45) is 18.9 Å². The van der Waals surface area contributed by atoms with Crippen LogP contribution in [0, 0.1) is 24.6 Å². The number of aromatic nitrogens is 2. The summed E-state index contributed by atoms with van der Waals surface area (Å²) in [4.78, 5) is 17.0. The minimum absolute atomic E-state index is 0.0852. The molecular formula is C25H37FN4O. The SMILES string of the molecule is CCC(C)C(=O)N1CCC(C(Cc2ccccc2F)N(C)Cc2cn(C)nc2C)CC1. The molecular weight excluding hydrogens is 391 g/mol. The Bertz CT molecular complexity index is 872. The molecule has 2 unspecified atom stereocenters. The highest BCUT2D eigenvalue weighted by Gasteiger charge is 2.32. The fourth-order valence-corrected chi connectivity index (χ4v) is 4.75. The molecule has 1 amide bonds. The standard InChI is InChI=1S/C25H37FN4O/c1-6-18(2)25(31)30-13-11-20(12-14-30)24(15-21-9-7-8-10-23(21)26)28(4)16-22-17-29(5)27-19(22)3/h7-10,17-18,20,24H,6,11-16H2,1-5H3. The molecule has 0 aliphatic carbocycles. The monoisotopic (exact) mass is 428 g/mol. The predicted octanol–water partition coefficient (Wildman–Crippen LogP) is 4.20. The van der Waals surface area contributed by atoms with Crippen LogP contribution in [0.15, 0.2) is 30.5 Å². The molecule has 1 aliphatic rings. The van der Waals surface area contributed by atoms with Gasteiger partial charge in [0.05, 0.1) is 5.69 Å². The highest BCUT2D eigenvalue weighted by atomic mass is 19.1. The fraction of sp³-hybridized carbons (Fsp3) is 0.600. The number of hydrogen-bond donors (Lipinski definition) is 0. The van der Waals surface area contributed by atoms with Gasteiger partial charge in [0.25, 0.3) is 0 Å². The van der Waals surface area contributed by atoms with E-state index in [4.69, 9.17) is 0 Å². The summed E-state index contributed by atoms with van der Waals surface area (Å²) in [7, 11) is 4.08. The second kappa shape index (κ2) is 10.4. The summed E-state index contributed by atoms with van der Waals surface area (Å²) in [6.07, 6.45) is 5.53. The lowest BCUT2D eigenvalue weighted by Gasteiger charge is -2.40. The van der Waals surface area contributed by atoms with Crippen molar-refractivity contribution >= 4 is 5.91 Å². The molecule has 2 heterocycles. The van der Waals surface area contributed by atoms with Gasteiger partial charge in [0, 0.05) is 50.4 Å². The van der Waals surface area contributed by atoms with Gasteiger partial charge in [-0.05, 0) is 57.2 Å². The number of likely N-dealkylation sites (tertiary alicyclic amines) is 1. The highest BCUT2D eigenvalue weighted by molar-refractivity contribution is 5.78. The average Bonchev–Trinajstić information content (AvgIpc) is 3.08. The van der Waals surface area contributed by atoms with Crippen molar-refractivity contribution in [2.75, 3.05) is 20.1 Å². The summed E-state index contributed by atoms with van der Waals surface area (Å²) >= 11 is 0. The first-order chi connectivity index (χ1) is 14.8. The molecule has 0 bridgehead atoms. The predicted molar refractivity (Wildman–Crippen MR) is 122 cm³/mol. The molecule has 170 valence electrons. The molecule has 1 aliphatic heterocycles. The number of rotatable bonds is 8. The molecule has 1 fully saturated rings. The van der Waals surface area contributed by atoms with Crippen LogP contribution in [-0.4, -0.2) is 51.7 Å². The third-order valence-corrected chi connectivity index (χ3v) is 6.92. The van der Waals surface area contributed by atoms with Crippen LogP contribution in [0.2, 0.25) is 0 Å². The van der Waals surface area contributed by atoms with Crippen molar-refractivity contribution < 1.29 is 9.18 Å². The van der Waals surface area contributed by atoms with Crippen LogP contribution in [0.4, 0.5) is 4.39 Å². The number of hydrogen-bond acceptors (Lipinski definition) is 3. The third-order valence-electron chi connectivity index (χ3n) is 6.92. The first-order valence-electron chi connectivity index (χ1n) is 11.5. The Labute approximate surface area is 186 Å². The summed E-state index contributed by atoms with van der Waals surface area (Å²) in [6.45, 7) is 8.48. The zero-order chi connectivity index (χ0) is 22.5. The maximum atomic E-state index is 14.5. The van der Waals surface area contributed by atoms with Gasteiger partial charge in [0.15, 0.2) is 0 Å². The molecule has 5 nitrogen and oxygen atoms in total. The molecule has 2 atom stereocenters. The molecule has 0 spiro atoms. The van der Waals surface area contributed by atoms with E-state index in [1.165, 1.54) is 5.56 Å². The van der Waals surface area contributed by atoms with Gasteiger partial charge < -0.3 is 4.90 Å².